The van der Waals surface area contributed by atoms with Crippen molar-refractivity contribution >= 4 is 22.8 Å². The summed E-state index contributed by atoms with van der Waals surface area (Å²) in [5.74, 6) is 2.61. The van der Waals surface area contributed by atoms with Crippen LogP contribution in [0, 0.1) is 30.1 Å². The quantitative estimate of drug-likeness (QED) is 0.654. The molecule has 5 heteroatoms. The number of carbonyl (C=O) groups excluding carboxylic acids is 2. The summed E-state index contributed by atoms with van der Waals surface area (Å²) in [7, 11) is 0. The number of aryl methyl sites for hydroxylation is 1. The first-order valence-electron chi connectivity index (χ1n) is 11.9. The highest BCUT2D eigenvalue weighted by molar-refractivity contribution is 5.89. The van der Waals surface area contributed by atoms with Gasteiger partial charge in [-0.25, -0.2) is 0 Å². The number of furan rings is 1. The highest BCUT2D eigenvalue weighted by atomic mass is 16.3. The van der Waals surface area contributed by atoms with E-state index in [0.717, 1.165) is 34.3 Å². The molecule has 2 amide bonds. The van der Waals surface area contributed by atoms with E-state index in [2.05, 4.69) is 37.7 Å². The predicted octanol–water partition coefficient (Wildman–Crippen LogP) is 5.16. The number of nitrogens with one attached hydrogen (secondary N) is 2. The van der Waals surface area contributed by atoms with Crippen molar-refractivity contribution in [3.8, 4) is 0 Å². The van der Waals surface area contributed by atoms with Crippen molar-refractivity contribution in [1.29, 1.82) is 0 Å². The fourth-order valence-corrected chi connectivity index (χ4v) is 7.25. The number of hydrogen-bond donors (Lipinski definition) is 2. The van der Waals surface area contributed by atoms with Crippen LogP contribution in [0.1, 0.15) is 81.4 Å². The molecule has 0 spiro atoms. The van der Waals surface area contributed by atoms with Crippen molar-refractivity contribution in [1.82, 2.24) is 10.9 Å². The lowest BCUT2D eigenvalue weighted by atomic mass is 9.49. The largest absolute Gasteiger partial charge is 0.464 e. The van der Waals surface area contributed by atoms with Crippen LogP contribution in [-0.4, -0.2) is 11.8 Å². The highest BCUT2D eigenvalue weighted by Crippen LogP contribution is 2.61. The van der Waals surface area contributed by atoms with Crippen LogP contribution in [0.5, 0.6) is 0 Å². The van der Waals surface area contributed by atoms with Crippen LogP contribution >= 0.6 is 0 Å². The zero-order valence-corrected chi connectivity index (χ0v) is 18.9. The van der Waals surface area contributed by atoms with Gasteiger partial charge in [-0.15, -0.1) is 0 Å². The first-order valence-corrected chi connectivity index (χ1v) is 11.9. The van der Waals surface area contributed by atoms with Gasteiger partial charge in [0.2, 0.25) is 11.8 Å². The van der Waals surface area contributed by atoms with E-state index >= 15 is 0 Å². The van der Waals surface area contributed by atoms with Gasteiger partial charge < -0.3 is 4.42 Å². The minimum Gasteiger partial charge on any atom is -0.464 e. The molecule has 0 aliphatic heterocycles. The van der Waals surface area contributed by atoms with Crippen molar-refractivity contribution in [3.05, 3.63) is 35.1 Å². The topological polar surface area (TPSA) is 71.3 Å². The summed E-state index contributed by atoms with van der Waals surface area (Å²) >= 11 is 0. The number of fused-ring (bicyclic) bond motifs is 1. The zero-order chi connectivity index (χ0) is 21.8. The summed E-state index contributed by atoms with van der Waals surface area (Å²) in [4.78, 5) is 25.2. The maximum atomic E-state index is 12.7. The van der Waals surface area contributed by atoms with Crippen LogP contribution < -0.4 is 10.9 Å². The lowest BCUT2D eigenvalue weighted by Gasteiger charge is -2.56. The fourth-order valence-electron chi connectivity index (χ4n) is 7.25. The van der Waals surface area contributed by atoms with Crippen molar-refractivity contribution in [2.24, 2.45) is 23.2 Å². The Morgan fingerprint density at radius 2 is 1.65 bits per heavy atom. The van der Waals surface area contributed by atoms with Gasteiger partial charge in [-0.3, -0.25) is 20.4 Å². The number of rotatable bonds is 5. The number of hydrogen-bond acceptors (Lipinski definition) is 3. The first-order chi connectivity index (χ1) is 14.8. The number of carbonyl (C=O) groups is 2. The maximum absolute atomic E-state index is 12.7. The molecule has 0 atom stereocenters. The van der Waals surface area contributed by atoms with Crippen LogP contribution in [-0.2, 0) is 16.0 Å². The van der Waals surface area contributed by atoms with E-state index in [9.17, 15) is 9.59 Å². The molecule has 0 radical (unpaired) electrons. The summed E-state index contributed by atoms with van der Waals surface area (Å²) in [6, 6.07) is 4.17. The van der Waals surface area contributed by atoms with E-state index in [1.807, 2.05) is 6.07 Å². The molecule has 1 heterocycles. The third-order valence-corrected chi connectivity index (χ3v) is 8.06. The second kappa shape index (κ2) is 7.68. The Hall–Kier alpha value is -2.30. The van der Waals surface area contributed by atoms with Crippen molar-refractivity contribution < 1.29 is 14.0 Å². The molecule has 4 bridgehead atoms. The third-order valence-electron chi connectivity index (χ3n) is 8.06. The van der Waals surface area contributed by atoms with Gasteiger partial charge in [-0.05, 0) is 97.8 Å². The average Bonchev–Trinajstić information content (AvgIpc) is 3.05. The number of hydrazine groups is 1. The molecule has 0 unspecified atom stereocenters. The Labute approximate surface area is 184 Å². The molecular formula is C26H34N2O3. The van der Waals surface area contributed by atoms with Gasteiger partial charge >= 0.3 is 0 Å². The highest BCUT2D eigenvalue weighted by Gasteiger charge is 2.51. The van der Waals surface area contributed by atoms with Crippen LogP contribution in [0.3, 0.4) is 0 Å². The Morgan fingerprint density at radius 3 is 2.26 bits per heavy atom. The van der Waals surface area contributed by atoms with Crippen molar-refractivity contribution in [3.63, 3.8) is 0 Å². The molecule has 0 saturated heterocycles. The molecule has 6 rings (SSSR count). The second-order valence-electron chi connectivity index (χ2n) is 11.0. The molecule has 4 aliphatic carbocycles. The maximum Gasteiger partial charge on any atom is 0.242 e. The first kappa shape index (κ1) is 20.6. The Morgan fingerprint density at radius 1 is 1.03 bits per heavy atom. The molecule has 166 valence electrons. The van der Waals surface area contributed by atoms with E-state index in [0.29, 0.717) is 12.3 Å². The van der Waals surface area contributed by atoms with Gasteiger partial charge in [0, 0.05) is 17.4 Å². The second-order valence-corrected chi connectivity index (χ2v) is 11.0. The zero-order valence-electron chi connectivity index (χ0n) is 18.9. The van der Waals surface area contributed by atoms with Gasteiger partial charge in [0.05, 0.1) is 12.7 Å². The van der Waals surface area contributed by atoms with E-state index in [-0.39, 0.29) is 23.7 Å². The summed E-state index contributed by atoms with van der Waals surface area (Å²) in [6.45, 7) is 6.42. The number of amides is 2. The van der Waals surface area contributed by atoms with Gasteiger partial charge in [0.15, 0.2) is 0 Å². The van der Waals surface area contributed by atoms with E-state index in [1.165, 1.54) is 49.7 Å². The summed E-state index contributed by atoms with van der Waals surface area (Å²) < 4.78 is 5.68. The molecule has 1 aromatic carbocycles. The van der Waals surface area contributed by atoms with Crippen molar-refractivity contribution in [2.75, 3.05) is 0 Å². The minimum atomic E-state index is -0.215. The smallest absolute Gasteiger partial charge is 0.242 e. The Bertz CT molecular complexity index is 984. The van der Waals surface area contributed by atoms with Crippen molar-refractivity contribution in [2.45, 2.75) is 78.1 Å². The van der Waals surface area contributed by atoms with Crippen LogP contribution in [0.15, 0.2) is 22.8 Å². The SMILES string of the molecule is Cc1cc2occ(CC(=O)NNC(=O)CC34CC5CC(CC(C5)C3)C4)c2cc1C(C)C. The van der Waals surface area contributed by atoms with Gasteiger partial charge in [-0.1, -0.05) is 13.8 Å². The van der Waals surface area contributed by atoms with Gasteiger partial charge in [0.1, 0.15) is 5.58 Å². The lowest BCUT2D eigenvalue weighted by Crippen LogP contribution is -2.50. The molecular weight excluding hydrogens is 388 g/mol. The molecule has 4 fully saturated rings. The molecule has 1 aromatic heterocycles. The molecule has 5 nitrogen and oxygen atoms in total. The Balaban J connectivity index is 1.19. The van der Waals surface area contributed by atoms with Crippen LogP contribution in [0.2, 0.25) is 0 Å². The molecule has 4 saturated carbocycles. The van der Waals surface area contributed by atoms with Crippen LogP contribution in [0.25, 0.3) is 11.0 Å². The molecule has 4 aliphatic rings. The standard InChI is InChI=1S/C26H34N2O3/c1-15(2)21-9-22-20(14-31-23(22)4-16(21)3)8-24(29)27-28-25(30)13-26-10-17-5-18(11-26)7-19(6-17)12-26/h4,9,14-15,17-19H,5-8,10-13H2,1-3H3,(H,27,29)(H,28,30). The lowest BCUT2D eigenvalue weighted by molar-refractivity contribution is -0.134. The summed E-state index contributed by atoms with van der Waals surface area (Å²) in [5.41, 5.74) is 9.62. The normalized spacial score (nSPS) is 29.0. The monoisotopic (exact) mass is 422 g/mol. The van der Waals surface area contributed by atoms with E-state index < -0.39 is 0 Å². The average molecular weight is 423 g/mol. The summed E-state index contributed by atoms with van der Waals surface area (Å²) in [6.07, 6.45) is 10.1. The predicted molar refractivity (Wildman–Crippen MR) is 120 cm³/mol. The minimum absolute atomic E-state index is 0.0509. The molecule has 2 N–H and O–H groups in total. The molecule has 31 heavy (non-hydrogen) atoms. The third kappa shape index (κ3) is 3.99. The number of benzene rings is 1. The van der Waals surface area contributed by atoms with Crippen LogP contribution in [0.4, 0.5) is 0 Å². The summed E-state index contributed by atoms with van der Waals surface area (Å²) in [5, 5.41) is 0.976. The van der Waals surface area contributed by atoms with E-state index in [1.54, 1.807) is 6.26 Å². The van der Waals surface area contributed by atoms with Gasteiger partial charge in [-0.2, -0.15) is 0 Å². The Kier molecular flexibility index (Phi) is 5.10. The fraction of sp³-hybridized carbons (Fsp3) is 0.615. The van der Waals surface area contributed by atoms with Gasteiger partial charge in [0.25, 0.3) is 0 Å². The molecule has 2 aromatic rings. The van der Waals surface area contributed by atoms with E-state index in [4.69, 9.17) is 4.42 Å².